The van der Waals surface area contributed by atoms with Crippen LogP contribution in [-0.4, -0.2) is 41.0 Å². The van der Waals surface area contributed by atoms with Gasteiger partial charge in [-0.25, -0.2) is 9.67 Å². The van der Waals surface area contributed by atoms with Crippen molar-refractivity contribution in [3.05, 3.63) is 60.7 Å². The number of nitrogens with one attached hydrogen (secondary N) is 1. The number of carbonyl (C=O) groups is 1. The van der Waals surface area contributed by atoms with Crippen LogP contribution in [0, 0.1) is 0 Å². The summed E-state index contributed by atoms with van der Waals surface area (Å²) in [4.78, 5) is 17.1. The van der Waals surface area contributed by atoms with E-state index in [-0.39, 0.29) is 17.1 Å². The van der Waals surface area contributed by atoms with Gasteiger partial charge in [-0.1, -0.05) is 35.2 Å². The highest BCUT2D eigenvalue weighted by Gasteiger charge is 2.31. The molecule has 1 N–H and O–H groups in total. The van der Waals surface area contributed by atoms with Gasteiger partial charge in [0.25, 0.3) is 0 Å². The Morgan fingerprint density at radius 1 is 1.16 bits per heavy atom. The fourth-order valence-corrected chi connectivity index (χ4v) is 4.88. The number of aromatic nitrogens is 6. The maximum atomic E-state index is 13.2. The summed E-state index contributed by atoms with van der Waals surface area (Å²) in [5.74, 6) is -0.565. The van der Waals surface area contributed by atoms with E-state index in [1.54, 1.807) is 0 Å². The van der Waals surface area contributed by atoms with Gasteiger partial charge in [0.2, 0.25) is 10.9 Å². The van der Waals surface area contributed by atoms with Crippen molar-refractivity contribution >= 4 is 49.9 Å². The molecule has 8 nitrogen and oxygen atoms in total. The Kier molecular flexibility index (Phi) is 5.06. The Morgan fingerprint density at radius 2 is 2.00 bits per heavy atom. The van der Waals surface area contributed by atoms with Crippen molar-refractivity contribution in [3.63, 3.8) is 0 Å². The third-order valence-corrected chi connectivity index (χ3v) is 6.45. The van der Waals surface area contributed by atoms with Crippen LogP contribution in [0.15, 0.2) is 60.3 Å². The summed E-state index contributed by atoms with van der Waals surface area (Å²) in [5, 5.41) is 15.3. The van der Waals surface area contributed by atoms with Crippen LogP contribution in [0.25, 0.3) is 20.9 Å². The van der Waals surface area contributed by atoms with Crippen molar-refractivity contribution in [1.29, 1.82) is 0 Å². The molecule has 162 valence electrons. The first-order chi connectivity index (χ1) is 15.4. The molecule has 0 aliphatic carbocycles. The molecule has 0 atom stereocenters. The van der Waals surface area contributed by atoms with Crippen LogP contribution in [0.2, 0.25) is 0 Å². The Hall–Kier alpha value is -3.45. The summed E-state index contributed by atoms with van der Waals surface area (Å²) in [6, 6.07) is 10.8. The normalized spacial score (nSPS) is 12.0. The smallest absolute Gasteiger partial charge is 0.323 e. The molecule has 3 heterocycles. The van der Waals surface area contributed by atoms with E-state index in [0.29, 0.717) is 10.1 Å². The maximum absolute atomic E-state index is 13.2. The molecule has 0 radical (unpaired) electrons. The van der Waals surface area contributed by atoms with Crippen LogP contribution < -0.4 is 5.32 Å². The van der Waals surface area contributed by atoms with Gasteiger partial charge in [-0.2, -0.15) is 18.3 Å². The van der Waals surface area contributed by atoms with E-state index in [4.69, 9.17) is 0 Å². The average Bonchev–Trinajstić information content (AvgIpc) is 3.49. The molecule has 3 aromatic heterocycles. The summed E-state index contributed by atoms with van der Waals surface area (Å²) in [7, 11) is 0. The third-order valence-electron chi connectivity index (χ3n) is 4.51. The van der Waals surface area contributed by atoms with E-state index in [2.05, 4.69) is 25.6 Å². The molecule has 0 aliphatic heterocycles. The number of fused-ring (bicyclic) bond motifs is 3. The highest BCUT2D eigenvalue weighted by Crippen LogP contribution is 2.34. The van der Waals surface area contributed by atoms with Crippen molar-refractivity contribution in [2.75, 3.05) is 11.1 Å². The topological polar surface area (TPSA) is 90.0 Å². The van der Waals surface area contributed by atoms with Gasteiger partial charge in [0.05, 0.1) is 32.9 Å². The second kappa shape index (κ2) is 7.91. The first-order valence-electron chi connectivity index (χ1n) is 9.12. The molecule has 2 aromatic carbocycles. The van der Waals surface area contributed by atoms with E-state index in [0.717, 1.165) is 34.1 Å². The fourth-order valence-electron chi connectivity index (χ4n) is 3.11. The maximum Gasteiger partial charge on any atom is 0.416 e. The quantitative estimate of drug-likeness (QED) is 0.382. The SMILES string of the molecule is O=C(CSc1nnc2sc3ccccc3n12)Nc1cc(C(F)(F)F)ccc1-n1cncn1. The lowest BCUT2D eigenvalue weighted by Gasteiger charge is -2.14. The summed E-state index contributed by atoms with van der Waals surface area (Å²) in [5.41, 5.74) is 0.283. The first kappa shape index (κ1) is 20.5. The number of carbonyl (C=O) groups excluding carboxylic acids is 1. The monoisotopic (exact) mass is 475 g/mol. The highest BCUT2D eigenvalue weighted by molar-refractivity contribution is 7.99. The summed E-state index contributed by atoms with van der Waals surface area (Å²) in [6.07, 6.45) is -1.97. The predicted molar refractivity (Wildman–Crippen MR) is 114 cm³/mol. The van der Waals surface area contributed by atoms with E-state index in [1.807, 2.05) is 28.7 Å². The van der Waals surface area contributed by atoms with Gasteiger partial charge in [0, 0.05) is 0 Å². The zero-order chi connectivity index (χ0) is 22.3. The second-order valence-electron chi connectivity index (χ2n) is 6.58. The Bertz CT molecular complexity index is 1430. The van der Waals surface area contributed by atoms with Gasteiger partial charge in [0.1, 0.15) is 12.7 Å². The molecule has 32 heavy (non-hydrogen) atoms. The van der Waals surface area contributed by atoms with Crippen LogP contribution >= 0.6 is 23.1 Å². The number of halogens is 3. The van der Waals surface area contributed by atoms with Crippen LogP contribution in [0.1, 0.15) is 5.56 Å². The second-order valence-corrected chi connectivity index (χ2v) is 8.53. The number of hydrogen-bond donors (Lipinski definition) is 1. The van der Waals surface area contributed by atoms with Crippen molar-refractivity contribution in [3.8, 4) is 5.69 Å². The molecular weight excluding hydrogens is 463 g/mol. The van der Waals surface area contributed by atoms with Crippen molar-refractivity contribution in [2.24, 2.45) is 0 Å². The third kappa shape index (κ3) is 3.80. The lowest BCUT2D eigenvalue weighted by atomic mass is 10.1. The minimum absolute atomic E-state index is 0.0247. The summed E-state index contributed by atoms with van der Waals surface area (Å²) >= 11 is 2.62. The predicted octanol–water partition coefficient (Wildman–Crippen LogP) is 4.27. The molecule has 0 unspecified atom stereocenters. The first-order valence-corrected chi connectivity index (χ1v) is 10.9. The highest BCUT2D eigenvalue weighted by atomic mass is 32.2. The zero-order valence-electron chi connectivity index (χ0n) is 15.9. The van der Waals surface area contributed by atoms with Gasteiger partial charge < -0.3 is 5.32 Å². The number of hydrogen-bond acceptors (Lipinski definition) is 7. The van der Waals surface area contributed by atoms with Crippen LogP contribution in [-0.2, 0) is 11.0 Å². The van der Waals surface area contributed by atoms with Gasteiger partial charge in [0.15, 0.2) is 5.16 Å². The number of thiazole rings is 1. The summed E-state index contributed by atoms with van der Waals surface area (Å²) in [6.45, 7) is 0. The molecular formula is C19H12F3N7OS2. The van der Waals surface area contributed by atoms with E-state index >= 15 is 0 Å². The average molecular weight is 475 g/mol. The molecule has 0 aliphatic rings. The standard InChI is InChI=1S/C19H12F3N7OS2/c20-19(21,22)11-5-6-13(28-10-23-9-24-28)12(7-11)25-16(30)8-31-17-26-27-18-29(17)14-3-1-2-4-15(14)32-18/h1-7,9-10H,8H2,(H,25,30). The van der Waals surface area contributed by atoms with Crippen LogP contribution in [0.5, 0.6) is 0 Å². The van der Waals surface area contributed by atoms with Crippen molar-refractivity contribution in [1.82, 2.24) is 29.4 Å². The molecule has 0 saturated carbocycles. The fraction of sp³-hybridized carbons (Fsp3) is 0.105. The largest absolute Gasteiger partial charge is 0.416 e. The lowest BCUT2D eigenvalue weighted by molar-refractivity contribution is -0.137. The minimum atomic E-state index is -4.55. The Labute approximate surface area is 186 Å². The van der Waals surface area contributed by atoms with Crippen LogP contribution in [0.4, 0.5) is 18.9 Å². The van der Waals surface area contributed by atoms with E-state index in [1.165, 1.54) is 34.7 Å². The number of nitrogens with zero attached hydrogens (tertiary/aromatic N) is 6. The molecule has 5 aromatic rings. The summed E-state index contributed by atoms with van der Waals surface area (Å²) < 4.78 is 43.7. The number of para-hydroxylation sites is 1. The molecule has 0 saturated heterocycles. The van der Waals surface area contributed by atoms with Gasteiger partial charge >= 0.3 is 6.18 Å². The Balaban J connectivity index is 1.39. The Morgan fingerprint density at radius 3 is 2.78 bits per heavy atom. The molecule has 0 fully saturated rings. The van der Waals surface area contributed by atoms with Gasteiger partial charge in [-0.3, -0.25) is 9.20 Å². The van der Waals surface area contributed by atoms with Crippen LogP contribution in [0.3, 0.4) is 0 Å². The number of thioether (sulfide) groups is 1. The number of amides is 1. The van der Waals surface area contributed by atoms with Crippen molar-refractivity contribution < 1.29 is 18.0 Å². The van der Waals surface area contributed by atoms with Gasteiger partial charge in [-0.15, -0.1) is 10.2 Å². The van der Waals surface area contributed by atoms with Crippen molar-refractivity contribution in [2.45, 2.75) is 11.3 Å². The molecule has 13 heteroatoms. The zero-order valence-corrected chi connectivity index (χ0v) is 17.6. The van der Waals surface area contributed by atoms with Gasteiger partial charge in [-0.05, 0) is 30.3 Å². The number of alkyl halides is 3. The van der Waals surface area contributed by atoms with E-state index < -0.39 is 17.6 Å². The molecule has 0 bridgehead atoms. The number of anilines is 1. The number of benzene rings is 2. The van der Waals surface area contributed by atoms with E-state index in [9.17, 15) is 18.0 Å². The molecule has 1 amide bonds. The minimum Gasteiger partial charge on any atom is -0.323 e. The lowest BCUT2D eigenvalue weighted by Crippen LogP contribution is -2.17. The molecule has 0 spiro atoms. The molecule has 5 rings (SSSR count). The number of rotatable bonds is 5.